The van der Waals surface area contributed by atoms with Gasteiger partial charge in [0, 0.05) is 5.02 Å². The summed E-state index contributed by atoms with van der Waals surface area (Å²) in [6, 6.07) is 22.1. The average Bonchev–Trinajstić information content (AvgIpc) is 2.61. The number of aromatic carboxylic acids is 1. The standard InChI is InChI=1S/C20H15ClO3/c21-18-9-5-15(6-10-18)16-7-11-19(12-8-16)24-13-14-1-3-17(4-2-14)20(22)23/h1-12H,13H2,(H,22,23). The summed E-state index contributed by atoms with van der Waals surface area (Å²) >= 11 is 5.90. The van der Waals surface area contributed by atoms with E-state index < -0.39 is 5.97 Å². The molecule has 0 aliphatic rings. The highest BCUT2D eigenvalue weighted by Crippen LogP contribution is 2.24. The van der Waals surface area contributed by atoms with Crippen molar-refractivity contribution in [2.75, 3.05) is 0 Å². The monoisotopic (exact) mass is 338 g/mol. The van der Waals surface area contributed by atoms with Gasteiger partial charge in [-0.25, -0.2) is 4.79 Å². The highest BCUT2D eigenvalue weighted by molar-refractivity contribution is 6.30. The third-order valence-corrected chi connectivity index (χ3v) is 3.89. The number of rotatable bonds is 5. The molecule has 0 unspecified atom stereocenters. The molecule has 0 radical (unpaired) electrons. The molecule has 0 saturated heterocycles. The molecule has 0 spiro atoms. The molecule has 3 aromatic carbocycles. The molecule has 120 valence electrons. The Labute approximate surface area is 145 Å². The maximum atomic E-state index is 10.8. The molecule has 3 rings (SSSR count). The van der Waals surface area contributed by atoms with Gasteiger partial charge < -0.3 is 9.84 Å². The van der Waals surface area contributed by atoms with Crippen LogP contribution in [0.25, 0.3) is 11.1 Å². The molecule has 0 bridgehead atoms. The van der Waals surface area contributed by atoms with Gasteiger partial charge in [0.15, 0.2) is 0 Å². The highest BCUT2D eigenvalue weighted by atomic mass is 35.5. The number of benzene rings is 3. The van der Waals surface area contributed by atoms with Gasteiger partial charge in [-0.3, -0.25) is 0 Å². The van der Waals surface area contributed by atoms with Crippen molar-refractivity contribution in [2.45, 2.75) is 6.61 Å². The fourth-order valence-electron chi connectivity index (χ4n) is 2.30. The molecule has 0 fully saturated rings. The number of ether oxygens (including phenoxy) is 1. The second kappa shape index (κ2) is 7.20. The topological polar surface area (TPSA) is 46.5 Å². The molecule has 0 saturated carbocycles. The van der Waals surface area contributed by atoms with Crippen molar-refractivity contribution in [3.05, 3.63) is 88.9 Å². The molecule has 0 aromatic heterocycles. The second-order valence-corrected chi connectivity index (χ2v) is 5.76. The fraction of sp³-hybridized carbons (Fsp3) is 0.0500. The Balaban J connectivity index is 1.63. The van der Waals surface area contributed by atoms with Gasteiger partial charge in [-0.2, -0.15) is 0 Å². The lowest BCUT2D eigenvalue weighted by Crippen LogP contribution is -1.98. The molecule has 1 N–H and O–H groups in total. The molecule has 0 heterocycles. The van der Waals surface area contributed by atoms with E-state index in [0.29, 0.717) is 11.6 Å². The summed E-state index contributed by atoms with van der Waals surface area (Å²) < 4.78 is 5.73. The number of carboxylic acids is 1. The van der Waals surface area contributed by atoms with Crippen molar-refractivity contribution in [1.82, 2.24) is 0 Å². The Hall–Kier alpha value is -2.78. The van der Waals surface area contributed by atoms with Gasteiger partial charge in [0.25, 0.3) is 0 Å². The number of carbonyl (C=O) groups is 1. The third kappa shape index (κ3) is 3.94. The first-order chi connectivity index (χ1) is 11.6. The SMILES string of the molecule is O=C(O)c1ccc(COc2ccc(-c3ccc(Cl)cc3)cc2)cc1. The van der Waals surface area contributed by atoms with Crippen LogP contribution in [0.2, 0.25) is 5.02 Å². The maximum Gasteiger partial charge on any atom is 0.335 e. The van der Waals surface area contributed by atoms with Crippen LogP contribution in [0.1, 0.15) is 15.9 Å². The van der Waals surface area contributed by atoms with Crippen LogP contribution in [0, 0.1) is 0 Å². The summed E-state index contributed by atoms with van der Waals surface area (Å²) in [5, 5.41) is 9.60. The van der Waals surface area contributed by atoms with E-state index in [0.717, 1.165) is 22.4 Å². The van der Waals surface area contributed by atoms with E-state index in [2.05, 4.69) is 0 Å². The van der Waals surface area contributed by atoms with Crippen molar-refractivity contribution >= 4 is 17.6 Å². The van der Waals surface area contributed by atoms with Gasteiger partial charge in [0.1, 0.15) is 12.4 Å². The van der Waals surface area contributed by atoms with E-state index in [9.17, 15) is 4.79 Å². The first-order valence-electron chi connectivity index (χ1n) is 7.43. The Bertz CT molecular complexity index is 822. The van der Waals surface area contributed by atoms with Crippen LogP contribution in [0.4, 0.5) is 0 Å². The number of carboxylic acid groups (broad SMARTS) is 1. The van der Waals surface area contributed by atoms with Crippen LogP contribution < -0.4 is 4.74 Å². The summed E-state index contributed by atoms with van der Waals surface area (Å²) in [6.07, 6.45) is 0. The lowest BCUT2D eigenvalue weighted by molar-refractivity contribution is 0.0697. The molecule has 0 atom stereocenters. The molecule has 4 heteroatoms. The normalized spacial score (nSPS) is 10.4. The minimum Gasteiger partial charge on any atom is -0.489 e. The van der Waals surface area contributed by atoms with E-state index in [1.54, 1.807) is 24.3 Å². The second-order valence-electron chi connectivity index (χ2n) is 5.32. The van der Waals surface area contributed by atoms with Crippen LogP contribution in [0.5, 0.6) is 5.75 Å². The molecular formula is C20H15ClO3. The van der Waals surface area contributed by atoms with Gasteiger partial charge >= 0.3 is 5.97 Å². The predicted molar refractivity (Wildman–Crippen MR) is 94.6 cm³/mol. The van der Waals surface area contributed by atoms with Crippen molar-refractivity contribution in [3.63, 3.8) is 0 Å². The molecule has 0 aliphatic carbocycles. The summed E-state index contributed by atoms with van der Waals surface area (Å²) in [5.41, 5.74) is 3.37. The van der Waals surface area contributed by atoms with E-state index in [1.165, 1.54) is 0 Å². The maximum absolute atomic E-state index is 10.8. The van der Waals surface area contributed by atoms with Crippen LogP contribution in [0.3, 0.4) is 0 Å². The van der Waals surface area contributed by atoms with Crippen molar-refractivity contribution in [2.24, 2.45) is 0 Å². The van der Waals surface area contributed by atoms with Crippen molar-refractivity contribution in [3.8, 4) is 16.9 Å². The summed E-state index contributed by atoms with van der Waals surface area (Å²) in [5.74, 6) is -0.171. The fourth-order valence-corrected chi connectivity index (χ4v) is 2.42. The van der Waals surface area contributed by atoms with Crippen LogP contribution in [-0.2, 0) is 6.61 Å². The average molecular weight is 339 g/mol. The zero-order valence-corrected chi connectivity index (χ0v) is 13.5. The number of hydrogen-bond acceptors (Lipinski definition) is 2. The molecular weight excluding hydrogens is 324 g/mol. The van der Waals surface area contributed by atoms with Crippen molar-refractivity contribution < 1.29 is 14.6 Å². The highest BCUT2D eigenvalue weighted by Gasteiger charge is 2.03. The third-order valence-electron chi connectivity index (χ3n) is 3.64. The number of halogens is 1. The quantitative estimate of drug-likeness (QED) is 0.688. The minimum absolute atomic E-state index is 0.270. The van der Waals surface area contributed by atoms with E-state index in [1.807, 2.05) is 48.5 Å². The summed E-state index contributed by atoms with van der Waals surface area (Å²) in [6.45, 7) is 0.389. The van der Waals surface area contributed by atoms with E-state index >= 15 is 0 Å². The van der Waals surface area contributed by atoms with Crippen LogP contribution >= 0.6 is 11.6 Å². The molecule has 0 amide bonds. The van der Waals surface area contributed by atoms with Gasteiger partial charge in [-0.15, -0.1) is 0 Å². The zero-order chi connectivity index (χ0) is 16.9. The van der Waals surface area contributed by atoms with Gasteiger partial charge in [0.05, 0.1) is 5.56 Å². The first-order valence-corrected chi connectivity index (χ1v) is 7.81. The van der Waals surface area contributed by atoms with Gasteiger partial charge in [-0.1, -0.05) is 48.0 Å². The summed E-state index contributed by atoms with van der Waals surface area (Å²) in [4.78, 5) is 10.8. The van der Waals surface area contributed by atoms with Crippen LogP contribution in [0.15, 0.2) is 72.8 Å². The summed E-state index contributed by atoms with van der Waals surface area (Å²) in [7, 11) is 0. The van der Waals surface area contributed by atoms with Crippen molar-refractivity contribution in [1.29, 1.82) is 0 Å². The van der Waals surface area contributed by atoms with Crippen LogP contribution in [-0.4, -0.2) is 11.1 Å². The Kier molecular flexibility index (Phi) is 4.82. The Morgan fingerprint density at radius 2 is 1.38 bits per heavy atom. The minimum atomic E-state index is -0.930. The lowest BCUT2D eigenvalue weighted by Gasteiger charge is -2.08. The van der Waals surface area contributed by atoms with E-state index in [4.69, 9.17) is 21.4 Å². The number of hydrogen-bond donors (Lipinski definition) is 1. The van der Waals surface area contributed by atoms with E-state index in [-0.39, 0.29) is 5.56 Å². The van der Waals surface area contributed by atoms with Gasteiger partial charge in [-0.05, 0) is 53.1 Å². The molecule has 3 aromatic rings. The molecule has 3 nitrogen and oxygen atoms in total. The molecule has 0 aliphatic heterocycles. The Morgan fingerprint density at radius 3 is 1.92 bits per heavy atom. The van der Waals surface area contributed by atoms with Gasteiger partial charge in [0.2, 0.25) is 0 Å². The predicted octanol–water partition coefficient (Wildman–Crippen LogP) is 5.28. The Morgan fingerprint density at radius 1 is 0.833 bits per heavy atom. The molecule has 24 heavy (non-hydrogen) atoms. The lowest BCUT2D eigenvalue weighted by atomic mass is 10.1. The first kappa shape index (κ1) is 16.1. The zero-order valence-electron chi connectivity index (χ0n) is 12.8. The smallest absolute Gasteiger partial charge is 0.335 e. The largest absolute Gasteiger partial charge is 0.489 e.